The van der Waals surface area contributed by atoms with Gasteiger partial charge >= 0.3 is 0 Å². The van der Waals surface area contributed by atoms with Gasteiger partial charge in [0.15, 0.2) is 0 Å². The number of methoxy groups -OCH3 is 2. The van der Waals surface area contributed by atoms with Crippen molar-refractivity contribution in [2.45, 2.75) is 128 Å². The Morgan fingerprint density at radius 1 is 0.591 bits per heavy atom. The first-order valence-electron chi connectivity index (χ1n) is 23.3. The highest BCUT2D eigenvalue weighted by Gasteiger charge is 2.24. The summed E-state index contributed by atoms with van der Waals surface area (Å²) in [7, 11) is 3.25. The van der Waals surface area contributed by atoms with Crippen LogP contribution < -0.4 is 18.9 Å². The van der Waals surface area contributed by atoms with Crippen molar-refractivity contribution in [2.75, 3.05) is 27.4 Å². The highest BCUT2D eigenvalue weighted by molar-refractivity contribution is 5.86. The van der Waals surface area contributed by atoms with E-state index in [9.17, 15) is 10.2 Å². The van der Waals surface area contributed by atoms with Crippen LogP contribution >= 0.6 is 0 Å². The number of hydrogen-bond donors (Lipinski definition) is 2. The number of aromatic hydroxyl groups is 2. The molecule has 6 heteroatoms. The Morgan fingerprint density at radius 3 is 1.44 bits per heavy atom. The Morgan fingerprint density at radius 2 is 1.03 bits per heavy atom. The van der Waals surface area contributed by atoms with Gasteiger partial charge in [-0.1, -0.05) is 127 Å². The smallest absolute Gasteiger partial charge is 0.131 e. The normalized spacial score (nSPS) is 12.6. The lowest BCUT2D eigenvalue weighted by Crippen LogP contribution is -2.16. The number of ether oxygens (including phenoxy) is 4. The molecule has 0 saturated heterocycles. The molecule has 6 nitrogen and oxygen atoms in total. The first kappa shape index (κ1) is 53.0. The van der Waals surface area contributed by atoms with E-state index < -0.39 is 0 Å². The first-order valence-corrected chi connectivity index (χ1v) is 23.3. The summed E-state index contributed by atoms with van der Waals surface area (Å²) in [5.41, 5.74) is 11.0. The molecule has 1 atom stereocenters. The summed E-state index contributed by atoms with van der Waals surface area (Å²) in [6, 6.07) is 25.8. The fourth-order valence-corrected chi connectivity index (χ4v) is 7.25. The second-order valence-electron chi connectivity index (χ2n) is 22.2. The maximum Gasteiger partial charge on any atom is 0.131 e. The summed E-state index contributed by atoms with van der Waals surface area (Å²) in [5, 5.41) is 23.2. The topological polar surface area (TPSA) is 77.4 Å². The summed E-state index contributed by atoms with van der Waals surface area (Å²) in [4.78, 5) is 0. The third-order valence-corrected chi connectivity index (χ3v) is 12.0. The van der Waals surface area contributed by atoms with E-state index in [0.717, 1.165) is 39.0 Å². The summed E-state index contributed by atoms with van der Waals surface area (Å²) >= 11 is 0. The number of benzene rings is 5. The van der Waals surface area contributed by atoms with Gasteiger partial charge in [-0.2, -0.15) is 0 Å². The van der Waals surface area contributed by atoms with Crippen LogP contribution in [-0.4, -0.2) is 37.6 Å². The molecule has 0 aliphatic heterocycles. The maximum absolute atomic E-state index is 12.0. The van der Waals surface area contributed by atoms with Crippen LogP contribution in [0.4, 0.5) is 0 Å². The van der Waals surface area contributed by atoms with Crippen molar-refractivity contribution in [1.29, 1.82) is 0 Å². The molecule has 5 rings (SSSR count). The molecular formula is C60H80O6. The lowest BCUT2D eigenvalue weighted by Gasteiger charge is -2.26. The molecule has 0 aliphatic carbocycles. The largest absolute Gasteiger partial charge is 0.507 e. The van der Waals surface area contributed by atoms with Gasteiger partial charge in [-0.15, -0.1) is 0 Å². The summed E-state index contributed by atoms with van der Waals surface area (Å²) in [5.74, 6) is 3.56. The van der Waals surface area contributed by atoms with E-state index in [1.165, 1.54) is 11.1 Å². The minimum absolute atomic E-state index is 0.0682. The van der Waals surface area contributed by atoms with Crippen LogP contribution in [0.1, 0.15) is 131 Å². The van der Waals surface area contributed by atoms with Gasteiger partial charge in [-0.25, -0.2) is 0 Å². The van der Waals surface area contributed by atoms with E-state index in [0.29, 0.717) is 76.1 Å². The average Bonchev–Trinajstić information content (AvgIpc) is 3.22. The van der Waals surface area contributed by atoms with Gasteiger partial charge in [0.25, 0.3) is 0 Å². The molecular weight excluding hydrogens is 817 g/mol. The molecule has 356 valence electrons. The molecule has 1 unspecified atom stereocenters. The van der Waals surface area contributed by atoms with Crippen LogP contribution in [0.15, 0.2) is 97.6 Å². The Kier molecular flexibility index (Phi) is 17.1. The van der Waals surface area contributed by atoms with Crippen LogP contribution in [0, 0.1) is 30.6 Å². The van der Waals surface area contributed by atoms with Gasteiger partial charge < -0.3 is 29.2 Å². The molecule has 0 heterocycles. The standard InChI is InChI=1S/C48H56O6.C12H24/c1-29(2)37-20-30(3)22-41(45(37)49)39-27-35(51-11)14-16-43(39)53-18-13-19-54-44-17-15-36(52-12)28-40(44)42-23-31(4)21-38(46(42)50)32-24-33(47(5,6)7)26-34(25-32)48(8,9)10;1-10(12(5,6)7)8-9-11(2,3)4/h14-17,20-28,49-50H,1,13,18-19H2,2-12H3;8-10H,1-7H3/b;9-8+. The molecule has 0 bridgehead atoms. The van der Waals surface area contributed by atoms with Crippen molar-refractivity contribution in [3.63, 3.8) is 0 Å². The Bertz CT molecular complexity index is 2460. The van der Waals surface area contributed by atoms with Gasteiger partial charge in [0.2, 0.25) is 0 Å². The number of aryl methyl sites for hydroxylation is 2. The molecule has 5 aromatic rings. The molecule has 0 aromatic heterocycles. The molecule has 2 N–H and O–H groups in total. The van der Waals surface area contributed by atoms with Crippen LogP contribution in [0.2, 0.25) is 0 Å². The van der Waals surface area contributed by atoms with Gasteiger partial charge in [0, 0.05) is 39.8 Å². The number of allylic oxidation sites excluding steroid dienone is 3. The zero-order chi connectivity index (χ0) is 49.5. The Hall–Kier alpha value is -5.62. The van der Waals surface area contributed by atoms with E-state index >= 15 is 0 Å². The summed E-state index contributed by atoms with van der Waals surface area (Å²) in [6.07, 6.45) is 5.22. The minimum Gasteiger partial charge on any atom is -0.507 e. The predicted molar refractivity (Wildman–Crippen MR) is 280 cm³/mol. The van der Waals surface area contributed by atoms with Gasteiger partial charge in [-0.05, 0) is 142 Å². The van der Waals surface area contributed by atoms with Crippen LogP contribution in [0.5, 0.6) is 34.5 Å². The van der Waals surface area contributed by atoms with E-state index in [1.807, 2.05) is 81.4 Å². The number of phenols is 2. The SMILES string of the molecule is C=C(C)c1cc(C)cc(-c2cc(OC)ccc2OCCCOc2ccc(OC)cc2-c2cc(C)cc(-c3cc(C(C)(C)C)cc(C(C)(C)C)c3)c2O)c1O.CC(/C=C/C(C)(C)C)C(C)(C)C. The van der Waals surface area contributed by atoms with E-state index in [2.05, 4.69) is 127 Å². The number of phenolic OH excluding ortho intramolecular Hbond substituents is 2. The highest BCUT2D eigenvalue weighted by Crippen LogP contribution is 2.46. The molecule has 0 aliphatic rings. The maximum atomic E-state index is 12.0. The van der Waals surface area contributed by atoms with E-state index in [-0.39, 0.29) is 22.3 Å². The first-order chi connectivity index (χ1) is 30.5. The Balaban J connectivity index is 0.000000695. The second-order valence-corrected chi connectivity index (χ2v) is 22.2. The van der Waals surface area contributed by atoms with Crippen molar-refractivity contribution in [1.82, 2.24) is 0 Å². The van der Waals surface area contributed by atoms with Crippen LogP contribution in [0.3, 0.4) is 0 Å². The van der Waals surface area contributed by atoms with Crippen molar-refractivity contribution >= 4 is 5.57 Å². The predicted octanol–water partition coefficient (Wildman–Crippen LogP) is 16.5. The molecule has 66 heavy (non-hydrogen) atoms. The number of rotatable bonds is 13. The van der Waals surface area contributed by atoms with Crippen LogP contribution in [0.25, 0.3) is 39.0 Å². The van der Waals surface area contributed by atoms with Crippen LogP contribution in [-0.2, 0) is 10.8 Å². The van der Waals surface area contributed by atoms with Gasteiger partial charge in [0.1, 0.15) is 34.5 Å². The van der Waals surface area contributed by atoms with Gasteiger partial charge in [-0.3, -0.25) is 0 Å². The molecule has 0 fully saturated rings. The van der Waals surface area contributed by atoms with Crippen molar-refractivity contribution in [2.24, 2.45) is 16.7 Å². The lowest BCUT2D eigenvalue weighted by atomic mass is 9.78. The monoisotopic (exact) mass is 897 g/mol. The average molecular weight is 897 g/mol. The van der Waals surface area contributed by atoms with Crippen molar-refractivity contribution in [3.05, 3.63) is 125 Å². The quantitative estimate of drug-likeness (QED) is 0.0906. The summed E-state index contributed by atoms with van der Waals surface area (Å²) in [6.45, 7) is 39.8. The summed E-state index contributed by atoms with van der Waals surface area (Å²) < 4.78 is 23.9. The number of hydrogen-bond acceptors (Lipinski definition) is 6. The molecule has 0 radical (unpaired) electrons. The molecule has 0 amide bonds. The van der Waals surface area contributed by atoms with Crippen molar-refractivity contribution < 1.29 is 29.2 Å². The fraction of sp³-hybridized carbons (Fsp3) is 0.433. The lowest BCUT2D eigenvalue weighted by molar-refractivity contribution is 0.248. The minimum atomic E-state index is -0.0682. The zero-order valence-corrected chi connectivity index (χ0v) is 43.6. The molecule has 0 saturated carbocycles. The molecule has 5 aromatic carbocycles. The van der Waals surface area contributed by atoms with Crippen molar-refractivity contribution in [3.8, 4) is 67.9 Å². The third-order valence-electron chi connectivity index (χ3n) is 12.0. The highest BCUT2D eigenvalue weighted by atomic mass is 16.5. The third kappa shape index (κ3) is 14.2. The molecule has 0 spiro atoms. The Labute approximate surface area is 398 Å². The zero-order valence-electron chi connectivity index (χ0n) is 43.6. The fourth-order valence-electron chi connectivity index (χ4n) is 7.25. The second kappa shape index (κ2) is 21.3. The van der Waals surface area contributed by atoms with E-state index in [4.69, 9.17) is 18.9 Å². The van der Waals surface area contributed by atoms with E-state index in [1.54, 1.807) is 14.2 Å². The van der Waals surface area contributed by atoms with Gasteiger partial charge in [0.05, 0.1) is 27.4 Å².